The first-order valence-corrected chi connectivity index (χ1v) is 10.9. The third kappa shape index (κ3) is 3.99. The van der Waals surface area contributed by atoms with Gasteiger partial charge in [-0.15, -0.1) is 0 Å². The molecule has 1 heterocycles. The molecule has 1 aliphatic rings. The molecule has 0 radical (unpaired) electrons. The van der Waals surface area contributed by atoms with Gasteiger partial charge in [0.1, 0.15) is 5.75 Å². The standard InChI is InChI=1S/C25H30N2O4/c1-4-14-10-16-12-20(25(31-3)19(16)11-15(14)5-2)26-13-22(29)17-6-8-21(28)24-18(17)7-9-23(30)27-24/h6-11,20,22,25-26,28-29H,4-5,12-13H2,1-3H3,(H,27,30)/t20?,22-,25?/m0/s1. The molecule has 0 amide bonds. The lowest BCUT2D eigenvalue weighted by Gasteiger charge is -2.23. The van der Waals surface area contributed by atoms with Gasteiger partial charge in [0.05, 0.1) is 17.7 Å². The molecular formula is C25H30N2O4. The Balaban J connectivity index is 1.55. The van der Waals surface area contributed by atoms with Crippen LogP contribution in [-0.4, -0.2) is 34.9 Å². The van der Waals surface area contributed by atoms with Gasteiger partial charge in [-0.2, -0.15) is 0 Å². The molecule has 0 fully saturated rings. The summed E-state index contributed by atoms with van der Waals surface area (Å²) in [6.07, 6.45) is 2.00. The summed E-state index contributed by atoms with van der Waals surface area (Å²) in [4.78, 5) is 14.3. The Morgan fingerprint density at radius 2 is 1.90 bits per heavy atom. The number of nitrogens with one attached hydrogen (secondary N) is 2. The molecule has 0 bridgehead atoms. The van der Waals surface area contributed by atoms with Gasteiger partial charge in [-0.1, -0.05) is 32.0 Å². The molecule has 1 aromatic heterocycles. The van der Waals surface area contributed by atoms with Gasteiger partial charge in [-0.25, -0.2) is 0 Å². The Morgan fingerprint density at radius 3 is 2.61 bits per heavy atom. The number of hydrogen-bond donors (Lipinski definition) is 4. The van der Waals surface area contributed by atoms with Crippen molar-refractivity contribution in [1.29, 1.82) is 0 Å². The zero-order chi connectivity index (χ0) is 22.1. The Bertz CT molecular complexity index is 1150. The quantitative estimate of drug-likeness (QED) is 0.469. The molecule has 4 rings (SSSR count). The second-order valence-electron chi connectivity index (χ2n) is 8.20. The molecule has 3 aromatic rings. The van der Waals surface area contributed by atoms with Gasteiger partial charge < -0.3 is 25.3 Å². The number of ether oxygens (including phenoxy) is 1. The number of H-pyrrole nitrogens is 1. The van der Waals surface area contributed by atoms with Crippen molar-refractivity contribution in [2.45, 2.75) is 51.4 Å². The van der Waals surface area contributed by atoms with E-state index in [-0.39, 0.29) is 23.5 Å². The second kappa shape index (κ2) is 8.83. The summed E-state index contributed by atoms with van der Waals surface area (Å²) in [5.74, 6) is -0.0132. The fourth-order valence-corrected chi connectivity index (χ4v) is 4.81. The topological polar surface area (TPSA) is 94.6 Å². The normalized spacial score (nSPS) is 19.0. The molecule has 0 aliphatic heterocycles. The largest absolute Gasteiger partial charge is 0.506 e. The van der Waals surface area contributed by atoms with Gasteiger partial charge in [-0.05, 0) is 59.2 Å². The van der Waals surface area contributed by atoms with Gasteiger partial charge >= 0.3 is 0 Å². The third-order valence-corrected chi connectivity index (χ3v) is 6.43. The molecule has 6 heteroatoms. The van der Waals surface area contributed by atoms with E-state index < -0.39 is 6.10 Å². The Labute approximate surface area is 181 Å². The van der Waals surface area contributed by atoms with E-state index in [1.807, 2.05) is 0 Å². The number of aliphatic hydroxyl groups excluding tert-OH is 1. The van der Waals surface area contributed by atoms with E-state index in [2.05, 4.69) is 36.3 Å². The maximum atomic E-state index is 11.6. The smallest absolute Gasteiger partial charge is 0.248 e. The molecule has 0 spiro atoms. The van der Waals surface area contributed by atoms with Gasteiger partial charge in [-0.3, -0.25) is 4.79 Å². The van der Waals surface area contributed by atoms with Crippen molar-refractivity contribution in [1.82, 2.24) is 10.3 Å². The Morgan fingerprint density at radius 1 is 1.16 bits per heavy atom. The Kier molecular flexibility index (Phi) is 6.14. The molecule has 6 nitrogen and oxygen atoms in total. The van der Waals surface area contributed by atoms with Crippen LogP contribution in [0.2, 0.25) is 0 Å². The van der Waals surface area contributed by atoms with Crippen molar-refractivity contribution in [2.24, 2.45) is 0 Å². The molecule has 31 heavy (non-hydrogen) atoms. The van der Waals surface area contributed by atoms with Crippen LogP contribution in [0.5, 0.6) is 5.75 Å². The minimum Gasteiger partial charge on any atom is -0.506 e. The zero-order valence-corrected chi connectivity index (χ0v) is 18.2. The number of aliphatic hydroxyl groups is 1. The SMILES string of the molecule is CCc1cc2c(cc1CC)C(OC)C(NC[C@H](O)c1ccc(O)c3[nH]c(=O)ccc13)C2. The molecule has 3 atom stereocenters. The number of fused-ring (bicyclic) bond motifs is 2. The summed E-state index contributed by atoms with van der Waals surface area (Å²) in [6, 6.07) is 10.9. The number of aromatic hydroxyl groups is 1. The fourth-order valence-electron chi connectivity index (χ4n) is 4.81. The summed E-state index contributed by atoms with van der Waals surface area (Å²) in [5, 5.41) is 25.1. The predicted molar refractivity (Wildman–Crippen MR) is 122 cm³/mol. The average Bonchev–Trinajstić information content (AvgIpc) is 3.13. The van der Waals surface area contributed by atoms with Crippen molar-refractivity contribution in [3.63, 3.8) is 0 Å². The van der Waals surface area contributed by atoms with Crippen molar-refractivity contribution in [2.75, 3.05) is 13.7 Å². The molecule has 0 saturated heterocycles. The maximum absolute atomic E-state index is 11.6. The molecule has 1 aliphatic carbocycles. The lowest BCUT2D eigenvalue weighted by atomic mass is 9.96. The number of hydrogen-bond acceptors (Lipinski definition) is 5. The highest BCUT2D eigenvalue weighted by Crippen LogP contribution is 2.37. The average molecular weight is 423 g/mol. The van der Waals surface area contributed by atoms with Crippen molar-refractivity contribution >= 4 is 10.9 Å². The molecule has 2 unspecified atom stereocenters. The van der Waals surface area contributed by atoms with E-state index >= 15 is 0 Å². The summed E-state index contributed by atoms with van der Waals surface area (Å²) < 4.78 is 5.84. The maximum Gasteiger partial charge on any atom is 0.248 e. The number of phenols is 1. The van der Waals surface area contributed by atoms with Gasteiger partial charge in [0, 0.05) is 31.1 Å². The van der Waals surface area contributed by atoms with E-state index in [1.54, 1.807) is 19.2 Å². The monoisotopic (exact) mass is 422 g/mol. The van der Waals surface area contributed by atoms with Crippen LogP contribution in [0.3, 0.4) is 0 Å². The van der Waals surface area contributed by atoms with Crippen molar-refractivity contribution in [3.8, 4) is 5.75 Å². The first-order valence-electron chi connectivity index (χ1n) is 10.9. The number of aromatic amines is 1. The predicted octanol–water partition coefficient (Wildman–Crippen LogP) is 3.29. The van der Waals surface area contributed by atoms with Crippen molar-refractivity contribution in [3.05, 3.63) is 74.6 Å². The number of aryl methyl sites for hydroxylation is 2. The van der Waals surface area contributed by atoms with Crippen molar-refractivity contribution < 1.29 is 14.9 Å². The number of pyridine rings is 1. The number of benzene rings is 2. The fraction of sp³-hybridized carbons (Fsp3) is 0.400. The number of rotatable bonds is 7. The number of aromatic nitrogens is 1. The highest BCUT2D eigenvalue weighted by atomic mass is 16.5. The molecular weight excluding hydrogens is 392 g/mol. The lowest BCUT2D eigenvalue weighted by Crippen LogP contribution is -2.36. The Hall–Kier alpha value is -2.67. The van der Waals surface area contributed by atoms with Crippen LogP contribution in [-0.2, 0) is 24.0 Å². The van der Waals surface area contributed by atoms with E-state index in [1.165, 1.54) is 34.4 Å². The molecule has 164 valence electrons. The molecule has 2 aromatic carbocycles. The van der Waals surface area contributed by atoms with Gasteiger partial charge in [0.15, 0.2) is 0 Å². The van der Waals surface area contributed by atoms with Crippen LogP contribution in [0.25, 0.3) is 10.9 Å². The van der Waals surface area contributed by atoms with Crippen LogP contribution in [0.15, 0.2) is 41.2 Å². The first kappa shape index (κ1) is 21.6. The number of phenolic OH excluding ortho intramolecular Hbond substituents is 1. The van der Waals surface area contributed by atoms with E-state index in [0.29, 0.717) is 23.0 Å². The van der Waals surface area contributed by atoms with Gasteiger partial charge in [0.2, 0.25) is 5.56 Å². The van der Waals surface area contributed by atoms with Crippen LogP contribution in [0.4, 0.5) is 0 Å². The first-order chi connectivity index (χ1) is 15.0. The van der Waals surface area contributed by atoms with Crippen LogP contribution >= 0.6 is 0 Å². The van der Waals surface area contributed by atoms with E-state index in [9.17, 15) is 15.0 Å². The summed E-state index contributed by atoms with van der Waals surface area (Å²) in [6.45, 7) is 4.70. The second-order valence-corrected chi connectivity index (χ2v) is 8.20. The lowest BCUT2D eigenvalue weighted by molar-refractivity contribution is 0.0711. The summed E-state index contributed by atoms with van der Waals surface area (Å²) in [5.41, 5.74) is 6.00. The molecule has 0 saturated carbocycles. The highest BCUT2D eigenvalue weighted by molar-refractivity contribution is 5.87. The van der Waals surface area contributed by atoms with Crippen LogP contribution in [0, 0.1) is 0 Å². The minimum atomic E-state index is -0.798. The van der Waals surface area contributed by atoms with E-state index in [0.717, 1.165) is 19.3 Å². The highest BCUT2D eigenvalue weighted by Gasteiger charge is 2.33. The summed E-state index contributed by atoms with van der Waals surface area (Å²) in [7, 11) is 1.73. The van der Waals surface area contributed by atoms with Gasteiger partial charge in [0.25, 0.3) is 0 Å². The summed E-state index contributed by atoms with van der Waals surface area (Å²) >= 11 is 0. The number of methoxy groups -OCH3 is 1. The molecule has 4 N–H and O–H groups in total. The minimum absolute atomic E-state index is 0.0132. The van der Waals surface area contributed by atoms with E-state index in [4.69, 9.17) is 4.74 Å². The third-order valence-electron chi connectivity index (χ3n) is 6.43. The van der Waals surface area contributed by atoms with Crippen LogP contribution < -0.4 is 10.9 Å². The van der Waals surface area contributed by atoms with Crippen LogP contribution in [0.1, 0.15) is 53.9 Å². The zero-order valence-electron chi connectivity index (χ0n) is 18.2.